The molecule has 0 saturated carbocycles. The third-order valence-electron chi connectivity index (χ3n) is 8.32. The van der Waals surface area contributed by atoms with Gasteiger partial charge in [-0.3, -0.25) is 0 Å². The zero-order valence-electron chi connectivity index (χ0n) is 24.4. The molecule has 2 saturated heterocycles. The Hall–Kier alpha value is -2.72. The van der Waals surface area contributed by atoms with Gasteiger partial charge >= 0.3 is 0 Å². The summed E-state index contributed by atoms with van der Waals surface area (Å²) in [6.07, 6.45) is -0.591. The molecule has 41 heavy (non-hydrogen) atoms. The first-order valence-corrected chi connectivity index (χ1v) is 14.2. The molecule has 4 rings (SSSR count). The molecule has 0 aromatic heterocycles. The van der Waals surface area contributed by atoms with Crippen LogP contribution in [0, 0.1) is 11.8 Å². The summed E-state index contributed by atoms with van der Waals surface area (Å²) in [5, 5.41) is 21.9. The molecule has 2 N–H and O–H groups in total. The molecule has 8 heteroatoms. The average Bonchev–Trinajstić information content (AvgIpc) is 3.00. The van der Waals surface area contributed by atoms with E-state index in [1.54, 1.807) is 26.4 Å². The van der Waals surface area contributed by atoms with E-state index >= 15 is 0 Å². The Morgan fingerprint density at radius 2 is 1.05 bits per heavy atom. The summed E-state index contributed by atoms with van der Waals surface area (Å²) in [4.78, 5) is 0. The number of rotatable bonds is 12. The molecular formula is C33H44O8. The lowest BCUT2D eigenvalue weighted by Gasteiger charge is -2.47. The Labute approximate surface area is 243 Å². The van der Waals surface area contributed by atoms with Crippen molar-refractivity contribution in [2.24, 2.45) is 11.8 Å². The minimum absolute atomic E-state index is 0.226. The van der Waals surface area contributed by atoms with Crippen molar-refractivity contribution in [3.8, 4) is 11.5 Å². The third kappa shape index (κ3) is 7.38. The maximum atomic E-state index is 10.9. The number of benzene rings is 2. The molecule has 0 spiro atoms. The zero-order chi connectivity index (χ0) is 29.5. The fourth-order valence-corrected chi connectivity index (χ4v) is 5.73. The highest BCUT2D eigenvalue weighted by molar-refractivity contribution is 5.27. The lowest BCUT2D eigenvalue weighted by Crippen LogP contribution is -2.58. The lowest BCUT2D eigenvalue weighted by atomic mass is 9.81. The molecule has 2 aliphatic rings. The topological polar surface area (TPSA) is 95.8 Å². The molecule has 2 aromatic carbocycles. The standard InChI is InChI=1S/C33H44O8/c1-7-26-30(34)20(3)32(38-18-22-9-13-24(36-5)14-10-22)28(40-26)17-29-33(21(4)31(35)27(8-2)41-29)39-19-23-11-15-25(37-6)16-12-23/h7-16,20-21,26-35H,1-2,17-19H2,3-6H3/t20-,21+,26-,27-,28-,29+,30-,31-,32+,33-/m0/s1. The molecule has 0 aliphatic carbocycles. The summed E-state index contributed by atoms with van der Waals surface area (Å²) in [6, 6.07) is 15.4. The molecule has 2 heterocycles. The number of aliphatic hydroxyl groups excluding tert-OH is 2. The van der Waals surface area contributed by atoms with Crippen LogP contribution in [0.3, 0.4) is 0 Å². The van der Waals surface area contributed by atoms with Crippen LogP contribution in [0.2, 0.25) is 0 Å². The van der Waals surface area contributed by atoms with Crippen molar-refractivity contribution in [2.45, 2.75) is 82.3 Å². The first-order chi connectivity index (χ1) is 19.8. The number of ether oxygens (including phenoxy) is 6. The van der Waals surface area contributed by atoms with Crippen molar-refractivity contribution in [1.29, 1.82) is 0 Å². The SMILES string of the molecule is C=C[C@@H]1O[C@H](C[C@@H]2O[C@@H](C=C)[C@@H](O)[C@H](C)[C@H]2OCc2ccc(OC)cc2)[C@@H](OCc2ccc(OC)cc2)[C@H](C)[C@@H]1O. The van der Waals surface area contributed by atoms with E-state index in [0.717, 1.165) is 22.6 Å². The average molecular weight is 569 g/mol. The smallest absolute Gasteiger partial charge is 0.118 e. The van der Waals surface area contributed by atoms with Gasteiger partial charge in [-0.15, -0.1) is 13.2 Å². The van der Waals surface area contributed by atoms with Crippen molar-refractivity contribution in [3.05, 3.63) is 85.0 Å². The van der Waals surface area contributed by atoms with Gasteiger partial charge in [0.2, 0.25) is 0 Å². The summed E-state index contributed by atoms with van der Waals surface area (Å²) in [6.45, 7) is 12.4. The van der Waals surface area contributed by atoms with Crippen LogP contribution in [0.15, 0.2) is 73.8 Å². The Morgan fingerprint density at radius 1 is 0.683 bits per heavy atom. The minimum atomic E-state index is -0.763. The van der Waals surface area contributed by atoms with E-state index in [2.05, 4.69) is 13.2 Å². The van der Waals surface area contributed by atoms with E-state index in [1.807, 2.05) is 62.4 Å². The van der Waals surface area contributed by atoms with Gasteiger partial charge in [0, 0.05) is 18.3 Å². The molecule has 0 radical (unpaired) electrons. The molecule has 8 nitrogen and oxygen atoms in total. The third-order valence-corrected chi connectivity index (χ3v) is 8.32. The number of hydrogen-bond acceptors (Lipinski definition) is 8. The molecule has 2 aliphatic heterocycles. The van der Waals surface area contributed by atoms with Crippen LogP contribution in [-0.2, 0) is 32.2 Å². The van der Waals surface area contributed by atoms with Crippen LogP contribution in [0.5, 0.6) is 11.5 Å². The predicted octanol–water partition coefficient (Wildman–Crippen LogP) is 4.47. The molecule has 224 valence electrons. The van der Waals surface area contributed by atoms with Crippen molar-refractivity contribution < 1.29 is 38.6 Å². The van der Waals surface area contributed by atoms with E-state index in [1.165, 1.54) is 0 Å². The number of hydrogen-bond donors (Lipinski definition) is 2. The second-order valence-corrected chi connectivity index (χ2v) is 10.9. The van der Waals surface area contributed by atoms with Gasteiger partial charge in [-0.1, -0.05) is 50.3 Å². The molecule has 2 aromatic rings. The predicted molar refractivity (Wildman–Crippen MR) is 156 cm³/mol. The summed E-state index contributed by atoms with van der Waals surface area (Å²) >= 11 is 0. The van der Waals surface area contributed by atoms with Gasteiger partial charge in [0.15, 0.2) is 0 Å². The number of aliphatic hydroxyl groups is 2. The van der Waals surface area contributed by atoms with E-state index in [0.29, 0.717) is 19.6 Å². The number of methoxy groups -OCH3 is 2. The minimum Gasteiger partial charge on any atom is -0.497 e. The van der Waals surface area contributed by atoms with E-state index in [-0.39, 0.29) is 11.8 Å². The molecule has 2 fully saturated rings. The molecular weight excluding hydrogens is 524 g/mol. The second kappa shape index (κ2) is 14.4. The van der Waals surface area contributed by atoms with Crippen LogP contribution >= 0.6 is 0 Å². The van der Waals surface area contributed by atoms with Gasteiger partial charge < -0.3 is 38.6 Å². The normalized spacial score (nSPS) is 33.6. The zero-order valence-corrected chi connectivity index (χ0v) is 24.4. The molecule has 0 amide bonds. The monoisotopic (exact) mass is 568 g/mol. The Kier molecular flexibility index (Phi) is 11.0. The van der Waals surface area contributed by atoms with Gasteiger partial charge in [0.25, 0.3) is 0 Å². The molecule has 0 unspecified atom stereocenters. The quantitative estimate of drug-likeness (QED) is 0.363. The van der Waals surface area contributed by atoms with Crippen LogP contribution in [0.25, 0.3) is 0 Å². The highest BCUT2D eigenvalue weighted by atomic mass is 16.6. The first-order valence-electron chi connectivity index (χ1n) is 14.2. The van der Waals surface area contributed by atoms with Gasteiger partial charge in [-0.05, 0) is 35.4 Å². The van der Waals surface area contributed by atoms with E-state index in [9.17, 15) is 10.2 Å². The largest absolute Gasteiger partial charge is 0.497 e. The van der Waals surface area contributed by atoms with Crippen molar-refractivity contribution in [3.63, 3.8) is 0 Å². The van der Waals surface area contributed by atoms with E-state index < -0.39 is 48.8 Å². The lowest BCUT2D eigenvalue weighted by molar-refractivity contribution is -0.239. The van der Waals surface area contributed by atoms with Gasteiger partial charge in [0.05, 0.1) is 64.1 Å². The van der Waals surface area contributed by atoms with Crippen molar-refractivity contribution >= 4 is 0 Å². The highest BCUT2D eigenvalue weighted by Crippen LogP contribution is 2.37. The second-order valence-electron chi connectivity index (χ2n) is 10.9. The summed E-state index contributed by atoms with van der Waals surface area (Å²) in [7, 11) is 3.26. The Morgan fingerprint density at radius 3 is 1.37 bits per heavy atom. The van der Waals surface area contributed by atoms with Crippen molar-refractivity contribution in [2.75, 3.05) is 14.2 Å². The maximum absolute atomic E-state index is 10.9. The first kappa shape index (κ1) is 31.2. The summed E-state index contributed by atoms with van der Waals surface area (Å²) in [5.41, 5.74) is 1.96. The van der Waals surface area contributed by atoms with Crippen molar-refractivity contribution in [1.82, 2.24) is 0 Å². The Balaban J connectivity index is 1.53. The summed E-state index contributed by atoms with van der Waals surface area (Å²) < 4.78 is 36.1. The van der Waals surface area contributed by atoms with Crippen LogP contribution in [0.1, 0.15) is 31.4 Å². The van der Waals surface area contributed by atoms with Gasteiger partial charge in [-0.25, -0.2) is 0 Å². The molecule has 0 bridgehead atoms. The molecule has 10 atom stereocenters. The van der Waals surface area contributed by atoms with Gasteiger partial charge in [0.1, 0.15) is 23.7 Å². The summed E-state index contributed by atoms with van der Waals surface area (Å²) in [5.74, 6) is 1.09. The van der Waals surface area contributed by atoms with E-state index in [4.69, 9.17) is 28.4 Å². The Bertz CT molecular complexity index is 1020. The van der Waals surface area contributed by atoms with Crippen LogP contribution < -0.4 is 9.47 Å². The maximum Gasteiger partial charge on any atom is 0.118 e. The van der Waals surface area contributed by atoms with Crippen LogP contribution in [-0.4, -0.2) is 73.3 Å². The van der Waals surface area contributed by atoms with Gasteiger partial charge in [-0.2, -0.15) is 0 Å². The van der Waals surface area contributed by atoms with Crippen LogP contribution in [0.4, 0.5) is 0 Å². The highest BCUT2D eigenvalue weighted by Gasteiger charge is 2.48. The fraction of sp³-hybridized carbons (Fsp3) is 0.515. The fourth-order valence-electron chi connectivity index (χ4n) is 5.73.